The van der Waals surface area contributed by atoms with Gasteiger partial charge < -0.3 is 10.6 Å². The van der Waals surface area contributed by atoms with Crippen LogP contribution in [0.2, 0.25) is 0 Å². The lowest BCUT2D eigenvalue weighted by Crippen LogP contribution is -2.42. The molecule has 3 N–H and O–H groups in total. The number of hydrogen-bond acceptors (Lipinski definition) is 4. The van der Waals surface area contributed by atoms with E-state index in [0.717, 1.165) is 25.3 Å². The van der Waals surface area contributed by atoms with E-state index in [9.17, 15) is 8.42 Å². The third kappa shape index (κ3) is 5.80. The maximum absolute atomic E-state index is 12.1. The fourth-order valence-electron chi connectivity index (χ4n) is 2.52. The van der Waals surface area contributed by atoms with E-state index in [4.69, 9.17) is 0 Å². The number of guanidine groups is 1. The van der Waals surface area contributed by atoms with Crippen molar-refractivity contribution in [3.05, 3.63) is 24.5 Å². The molecule has 7 nitrogen and oxygen atoms in total. The first-order valence-electron chi connectivity index (χ1n) is 8.06. The van der Waals surface area contributed by atoms with Crippen molar-refractivity contribution in [3.8, 4) is 0 Å². The molecule has 0 aliphatic heterocycles. The molecule has 1 aromatic rings. The molecule has 1 aliphatic carbocycles. The van der Waals surface area contributed by atoms with Gasteiger partial charge in [-0.15, -0.1) is 0 Å². The van der Waals surface area contributed by atoms with Crippen molar-refractivity contribution in [1.29, 1.82) is 0 Å². The number of pyridine rings is 1. The smallest absolute Gasteiger partial charge is 0.242 e. The van der Waals surface area contributed by atoms with Gasteiger partial charge >= 0.3 is 0 Å². The number of sulfonamides is 1. The summed E-state index contributed by atoms with van der Waals surface area (Å²) in [4.78, 5) is 8.41. The molecule has 2 rings (SSSR count). The molecule has 0 unspecified atom stereocenters. The van der Waals surface area contributed by atoms with E-state index in [1.807, 2.05) is 6.92 Å². The Balaban J connectivity index is 1.83. The zero-order chi connectivity index (χ0) is 16.5. The second-order valence-electron chi connectivity index (χ2n) is 5.47. The van der Waals surface area contributed by atoms with Gasteiger partial charge in [0.2, 0.25) is 10.0 Å². The van der Waals surface area contributed by atoms with E-state index in [-0.39, 0.29) is 11.4 Å². The van der Waals surface area contributed by atoms with Crippen LogP contribution >= 0.6 is 0 Å². The Bertz CT molecular complexity index is 598. The lowest BCUT2D eigenvalue weighted by molar-refractivity contribution is 0.581. The predicted molar refractivity (Wildman–Crippen MR) is 90.8 cm³/mol. The summed E-state index contributed by atoms with van der Waals surface area (Å²) in [5.74, 6) is 0.750. The average molecular weight is 339 g/mol. The fraction of sp³-hybridized carbons (Fsp3) is 0.600. The van der Waals surface area contributed by atoms with Crippen LogP contribution in [0.25, 0.3) is 0 Å². The molecular weight excluding hydrogens is 314 g/mol. The van der Waals surface area contributed by atoms with Gasteiger partial charge in [0, 0.05) is 31.5 Å². The number of nitrogens with zero attached hydrogens (tertiary/aromatic N) is 2. The highest BCUT2D eigenvalue weighted by Crippen LogP contribution is 2.17. The molecule has 0 aromatic carbocycles. The van der Waals surface area contributed by atoms with Crippen LogP contribution in [0.5, 0.6) is 0 Å². The summed E-state index contributed by atoms with van der Waals surface area (Å²) >= 11 is 0. The molecule has 0 atom stereocenters. The second kappa shape index (κ2) is 8.83. The van der Waals surface area contributed by atoms with Crippen molar-refractivity contribution in [2.75, 3.05) is 19.6 Å². The normalized spacial score (nSPS) is 16.5. The van der Waals surface area contributed by atoms with Crippen LogP contribution in [0.3, 0.4) is 0 Å². The minimum absolute atomic E-state index is 0.167. The summed E-state index contributed by atoms with van der Waals surface area (Å²) in [7, 11) is -3.52. The van der Waals surface area contributed by atoms with Gasteiger partial charge in [0.15, 0.2) is 5.96 Å². The molecule has 1 saturated carbocycles. The molecular formula is C15H25N5O2S. The minimum Gasteiger partial charge on any atom is -0.357 e. The molecule has 0 spiro atoms. The largest absolute Gasteiger partial charge is 0.357 e. The van der Waals surface area contributed by atoms with Gasteiger partial charge in [-0.2, -0.15) is 0 Å². The van der Waals surface area contributed by atoms with Crippen molar-refractivity contribution in [3.63, 3.8) is 0 Å². The highest BCUT2D eigenvalue weighted by Gasteiger charge is 2.16. The van der Waals surface area contributed by atoms with E-state index in [1.54, 1.807) is 12.3 Å². The van der Waals surface area contributed by atoms with Crippen molar-refractivity contribution in [2.24, 2.45) is 4.99 Å². The first kappa shape index (κ1) is 17.7. The van der Waals surface area contributed by atoms with E-state index >= 15 is 0 Å². The van der Waals surface area contributed by atoms with E-state index < -0.39 is 10.0 Å². The first-order chi connectivity index (χ1) is 11.1. The van der Waals surface area contributed by atoms with Crippen LogP contribution in [-0.2, 0) is 10.0 Å². The Morgan fingerprint density at radius 2 is 2.17 bits per heavy atom. The van der Waals surface area contributed by atoms with Crippen LogP contribution in [-0.4, -0.2) is 45.0 Å². The van der Waals surface area contributed by atoms with Crippen molar-refractivity contribution >= 4 is 16.0 Å². The van der Waals surface area contributed by atoms with E-state index in [2.05, 4.69) is 25.3 Å². The predicted octanol–water partition coefficient (Wildman–Crippen LogP) is 0.858. The maximum Gasteiger partial charge on any atom is 0.242 e. The Labute approximate surface area is 138 Å². The van der Waals surface area contributed by atoms with E-state index in [1.165, 1.54) is 25.1 Å². The van der Waals surface area contributed by atoms with Crippen LogP contribution in [0, 0.1) is 0 Å². The van der Waals surface area contributed by atoms with Crippen molar-refractivity contribution in [1.82, 2.24) is 20.3 Å². The standard InChI is InChI=1S/C15H25N5O2S/c1-2-17-15(20-13-6-3-4-7-13)18-10-11-19-23(21,22)14-8-5-9-16-12-14/h5,8-9,12-13,19H,2-4,6-7,10-11H2,1H3,(H2,17,18,20). The molecule has 0 amide bonds. The number of nitrogens with one attached hydrogen (secondary N) is 3. The molecule has 8 heteroatoms. The number of aromatic nitrogens is 1. The quantitative estimate of drug-likeness (QED) is 0.389. The highest BCUT2D eigenvalue weighted by molar-refractivity contribution is 7.89. The first-order valence-corrected chi connectivity index (χ1v) is 9.54. The van der Waals surface area contributed by atoms with Crippen molar-refractivity contribution < 1.29 is 8.42 Å². The zero-order valence-corrected chi connectivity index (χ0v) is 14.3. The third-order valence-electron chi connectivity index (χ3n) is 3.66. The molecule has 0 bridgehead atoms. The molecule has 0 saturated heterocycles. The Morgan fingerprint density at radius 3 is 2.83 bits per heavy atom. The van der Waals surface area contributed by atoms with Crippen molar-refractivity contribution in [2.45, 2.75) is 43.5 Å². The maximum atomic E-state index is 12.1. The van der Waals surface area contributed by atoms with Gasteiger partial charge in [0.1, 0.15) is 4.90 Å². The number of rotatable bonds is 7. The van der Waals surface area contributed by atoms with Gasteiger partial charge in [-0.25, -0.2) is 13.1 Å². The molecule has 0 radical (unpaired) electrons. The fourth-order valence-corrected chi connectivity index (χ4v) is 3.50. The van der Waals surface area contributed by atoms with Gasteiger partial charge in [0.25, 0.3) is 0 Å². The number of aliphatic imine (C=N–C) groups is 1. The summed E-state index contributed by atoms with van der Waals surface area (Å²) in [6.45, 7) is 3.41. The van der Waals surface area contributed by atoms with Crippen LogP contribution in [0.1, 0.15) is 32.6 Å². The van der Waals surface area contributed by atoms with Crippen LogP contribution < -0.4 is 15.4 Å². The van der Waals surface area contributed by atoms with Crippen LogP contribution in [0.15, 0.2) is 34.4 Å². The summed E-state index contributed by atoms with van der Waals surface area (Å²) in [6, 6.07) is 3.59. The third-order valence-corrected chi connectivity index (χ3v) is 5.10. The molecule has 128 valence electrons. The van der Waals surface area contributed by atoms with Gasteiger partial charge in [-0.05, 0) is 31.9 Å². The Morgan fingerprint density at radius 1 is 1.39 bits per heavy atom. The highest BCUT2D eigenvalue weighted by atomic mass is 32.2. The van der Waals surface area contributed by atoms with Crippen LogP contribution in [0.4, 0.5) is 0 Å². The van der Waals surface area contributed by atoms with Gasteiger partial charge in [-0.3, -0.25) is 9.98 Å². The molecule has 1 heterocycles. The lowest BCUT2D eigenvalue weighted by Gasteiger charge is -2.16. The molecule has 1 aliphatic rings. The zero-order valence-electron chi connectivity index (χ0n) is 13.5. The SMILES string of the molecule is CCNC(=NCCNS(=O)(=O)c1cccnc1)NC1CCCC1. The lowest BCUT2D eigenvalue weighted by atomic mass is 10.2. The molecule has 23 heavy (non-hydrogen) atoms. The summed E-state index contributed by atoms with van der Waals surface area (Å²) < 4.78 is 26.6. The Kier molecular flexibility index (Phi) is 6.79. The minimum atomic E-state index is -3.52. The number of hydrogen-bond donors (Lipinski definition) is 3. The topological polar surface area (TPSA) is 95.5 Å². The summed E-state index contributed by atoms with van der Waals surface area (Å²) in [5, 5.41) is 6.59. The van der Waals surface area contributed by atoms with Gasteiger partial charge in [0.05, 0.1) is 6.54 Å². The molecule has 1 fully saturated rings. The second-order valence-corrected chi connectivity index (χ2v) is 7.24. The average Bonchev–Trinajstić information content (AvgIpc) is 3.05. The molecule has 1 aromatic heterocycles. The monoisotopic (exact) mass is 339 g/mol. The van der Waals surface area contributed by atoms with E-state index in [0.29, 0.717) is 12.6 Å². The van der Waals surface area contributed by atoms with Gasteiger partial charge in [-0.1, -0.05) is 12.8 Å². The summed E-state index contributed by atoms with van der Waals surface area (Å²) in [6.07, 6.45) is 7.71. The Hall–Kier alpha value is -1.67. The summed E-state index contributed by atoms with van der Waals surface area (Å²) in [5.41, 5.74) is 0.